The van der Waals surface area contributed by atoms with Crippen LogP contribution in [0.4, 0.5) is 26.6 Å². The van der Waals surface area contributed by atoms with Crippen molar-refractivity contribution < 1.29 is 33.3 Å². The van der Waals surface area contributed by atoms with Crippen LogP contribution < -0.4 is 15.1 Å². The number of carbonyl (C=O) groups excluding carboxylic acids is 2. The molecule has 12 nitrogen and oxygen atoms in total. The quantitative estimate of drug-likeness (QED) is 0.393. The minimum Gasteiger partial charge on any atom is -0.446 e. The van der Waals surface area contributed by atoms with Crippen molar-refractivity contribution in [1.82, 2.24) is 9.99 Å². The first-order chi connectivity index (χ1) is 18.8. The summed E-state index contributed by atoms with van der Waals surface area (Å²) >= 11 is 0. The van der Waals surface area contributed by atoms with Gasteiger partial charge in [0.05, 0.1) is 31.9 Å². The van der Waals surface area contributed by atoms with Crippen LogP contribution in [-0.2, 0) is 9.53 Å². The molecule has 4 heterocycles. The number of halogens is 1. The van der Waals surface area contributed by atoms with E-state index in [0.717, 1.165) is 10.8 Å². The molecule has 2 aromatic heterocycles. The summed E-state index contributed by atoms with van der Waals surface area (Å²) in [5.74, 6) is 0.690. The number of cyclic esters (lactones) is 1. The van der Waals surface area contributed by atoms with E-state index in [1.165, 1.54) is 23.5 Å². The molecule has 5 rings (SSSR count). The predicted molar refractivity (Wildman–Crippen MR) is 140 cm³/mol. The van der Waals surface area contributed by atoms with Crippen molar-refractivity contribution in [2.75, 3.05) is 47.9 Å². The number of aliphatic hydroxyl groups excluding tert-OH is 2. The summed E-state index contributed by atoms with van der Waals surface area (Å²) in [6.07, 6.45) is 0.432. The van der Waals surface area contributed by atoms with E-state index in [-0.39, 0.29) is 13.1 Å². The Labute approximate surface area is 222 Å². The summed E-state index contributed by atoms with van der Waals surface area (Å²) in [5, 5.41) is 26.6. The fourth-order valence-electron chi connectivity index (χ4n) is 4.24. The van der Waals surface area contributed by atoms with Crippen LogP contribution in [-0.4, -0.2) is 83.5 Å². The lowest BCUT2D eigenvalue weighted by Crippen LogP contribution is -2.45. The van der Waals surface area contributed by atoms with Crippen molar-refractivity contribution in [1.29, 1.82) is 0 Å². The minimum absolute atomic E-state index is 0.199. The Kier molecular flexibility index (Phi) is 7.43. The van der Waals surface area contributed by atoms with Crippen LogP contribution in [0.15, 0.2) is 58.2 Å². The Morgan fingerprint density at radius 3 is 2.72 bits per heavy atom. The van der Waals surface area contributed by atoms with Crippen LogP contribution in [0.3, 0.4) is 0 Å². The van der Waals surface area contributed by atoms with E-state index in [2.05, 4.69) is 15.4 Å². The van der Waals surface area contributed by atoms with Crippen LogP contribution in [0.5, 0.6) is 0 Å². The second kappa shape index (κ2) is 11.1. The number of benzene rings is 1. The molecule has 39 heavy (non-hydrogen) atoms. The summed E-state index contributed by atoms with van der Waals surface area (Å²) < 4.78 is 26.0. The van der Waals surface area contributed by atoms with E-state index in [1.807, 2.05) is 13.0 Å². The molecule has 204 valence electrons. The first-order valence-electron chi connectivity index (χ1n) is 12.3. The summed E-state index contributed by atoms with van der Waals surface area (Å²) in [6, 6.07) is 11.6. The molecular weight excluding hydrogens is 511 g/mol. The Balaban J connectivity index is 1.21. The number of carbonyl (C=O) groups is 2. The number of nitrogens with zero attached hydrogens (tertiary/aromatic N) is 5. The first kappa shape index (κ1) is 26.1. The van der Waals surface area contributed by atoms with Crippen LogP contribution >= 0.6 is 0 Å². The van der Waals surface area contributed by atoms with Gasteiger partial charge >= 0.3 is 6.09 Å². The monoisotopic (exact) mass is 538 g/mol. The zero-order valence-electron chi connectivity index (χ0n) is 21.0. The molecule has 3 aromatic rings. The van der Waals surface area contributed by atoms with Gasteiger partial charge in [0, 0.05) is 29.9 Å². The largest absolute Gasteiger partial charge is 0.446 e. The molecule has 2 atom stereocenters. The van der Waals surface area contributed by atoms with Gasteiger partial charge in [-0.2, -0.15) is 5.10 Å². The number of hydrogen-bond donors (Lipinski definition) is 3. The molecule has 0 spiro atoms. The zero-order valence-corrected chi connectivity index (χ0v) is 21.0. The lowest BCUT2D eigenvalue weighted by molar-refractivity contribution is -0.142. The number of nitrogens with one attached hydrogen (secondary N) is 1. The Hall–Kier alpha value is -4.49. The number of amides is 2. The van der Waals surface area contributed by atoms with Gasteiger partial charge in [-0.3, -0.25) is 9.69 Å². The van der Waals surface area contributed by atoms with Gasteiger partial charge in [0.1, 0.15) is 29.8 Å². The fourth-order valence-corrected chi connectivity index (χ4v) is 4.24. The molecule has 1 saturated heterocycles. The maximum absolute atomic E-state index is 15.1. The average molecular weight is 539 g/mol. The number of pyridine rings is 1. The topological polar surface area (TPSA) is 144 Å². The maximum atomic E-state index is 15.1. The molecule has 3 N–H and O–H groups in total. The zero-order chi connectivity index (χ0) is 27.5. The summed E-state index contributed by atoms with van der Waals surface area (Å²) in [5.41, 5.74) is 1.25. The number of aryl methyl sites for hydroxylation is 1. The highest BCUT2D eigenvalue weighted by atomic mass is 19.1. The van der Waals surface area contributed by atoms with Crippen molar-refractivity contribution in [3.8, 4) is 11.1 Å². The van der Waals surface area contributed by atoms with Crippen molar-refractivity contribution in [3.63, 3.8) is 0 Å². The average Bonchev–Trinajstić information content (AvgIpc) is 3.55. The number of rotatable bonds is 8. The molecule has 0 aliphatic carbocycles. The highest BCUT2D eigenvalue weighted by molar-refractivity contribution is 5.90. The number of hydrazone groups is 1. The van der Waals surface area contributed by atoms with Gasteiger partial charge in [0.15, 0.2) is 12.0 Å². The van der Waals surface area contributed by atoms with E-state index in [1.54, 1.807) is 35.2 Å². The molecule has 0 radical (unpaired) electrons. The Morgan fingerprint density at radius 2 is 2.08 bits per heavy atom. The standard InChI is InChI=1S/C26H27FN6O6/c1-16-2-7-24(38-16)29-12-19-13-32(26(37)39-19)18-4-5-20(21(27)10-18)17-3-6-23(28-11-17)31-8-9-33(30-15-31)25(36)22(35)14-34/h2-7,10-11,15,19,22,29,34-35H,8-9,12-14H2,1H3. The van der Waals surface area contributed by atoms with Crippen molar-refractivity contribution >= 4 is 35.7 Å². The van der Waals surface area contributed by atoms with Gasteiger partial charge in [-0.15, -0.1) is 0 Å². The smallest absolute Gasteiger partial charge is 0.414 e. The molecule has 2 amide bonds. The maximum Gasteiger partial charge on any atom is 0.414 e. The van der Waals surface area contributed by atoms with Crippen LogP contribution in [0, 0.1) is 12.7 Å². The second-order valence-corrected chi connectivity index (χ2v) is 9.06. The van der Waals surface area contributed by atoms with Gasteiger partial charge in [0.2, 0.25) is 0 Å². The number of hydrogen-bond acceptors (Lipinski definition) is 10. The lowest BCUT2D eigenvalue weighted by atomic mass is 10.1. The van der Waals surface area contributed by atoms with Gasteiger partial charge in [0.25, 0.3) is 5.91 Å². The summed E-state index contributed by atoms with van der Waals surface area (Å²) in [7, 11) is 0. The third kappa shape index (κ3) is 5.68. The molecule has 0 saturated carbocycles. The highest BCUT2D eigenvalue weighted by Crippen LogP contribution is 2.30. The number of furan rings is 1. The molecule has 2 aliphatic rings. The highest BCUT2D eigenvalue weighted by Gasteiger charge is 2.33. The molecule has 2 aliphatic heterocycles. The Morgan fingerprint density at radius 1 is 1.23 bits per heavy atom. The molecule has 1 fully saturated rings. The van der Waals surface area contributed by atoms with Gasteiger partial charge in [-0.1, -0.05) is 0 Å². The SMILES string of the molecule is Cc1ccc(NCC2CN(c3ccc(-c4ccc(N5C=NN(C(=O)C(O)CO)CC5)nc4)c(F)c3)C(=O)O2)o1. The number of aliphatic hydroxyl groups is 2. The minimum atomic E-state index is -1.52. The third-order valence-corrected chi connectivity index (χ3v) is 6.33. The van der Waals surface area contributed by atoms with Crippen molar-refractivity contribution in [2.45, 2.75) is 19.1 Å². The lowest BCUT2D eigenvalue weighted by Gasteiger charge is -2.28. The molecule has 13 heteroatoms. The van der Waals surface area contributed by atoms with Crippen LogP contribution in [0.25, 0.3) is 11.1 Å². The second-order valence-electron chi connectivity index (χ2n) is 9.06. The molecule has 0 bridgehead atoms. The molecular formula is C26H27FN6O6. The fraction of sp³-hybridized carbons (Fsp3) is 0.308. The van der Waals surface area contributed by atoms with E-state index in [4.69, 9.17) is 14.3 Å². The molecule has 1 aromatic carbocycles. The van der Waals surface area contributed by atoms with Gasteiger partial charge in [-0.05, 0) is 43.3 Å². The molecule has 2 unspecified atom stereocenters. The first-order valence-corrected chi connectivity index (χ1v) is 12.3. The van der Waals surface area contributed by atoms with E-state index >= 15 is 4.39 Å². The third-order valence-electron chi connectivity index (χ3n) is 6.33. The van der Waals surface area contributed by atoms with Gasteiger partial charge < -0.3 is 29.6 Å². The van der Waals surface area contributed by atoms with Gasteiger partial charge in [-0.25, -0.2) is 19.2 Å². The van der Waals surface area contributed by atoms with Crippen molar-refractivity contribution in [2.24, 2.45) is 5.10 Å². The van der Waals surface area contributed by atoms with Crippen molar-refractivity contribution in [3.05, 3.63) is 60.2 Å². The normalized spacial score (nSPS) is 17.9. The Bertz CT molecular complexity index is 1380. The van der Waals surface area contributed by atoms with E-state index in [0.29, 0.717) is 41.6 Å². The van der Waals surface area contributed by atoms with E-state index < -0.39 is 36.6 Å². The number of anilines is 3. The predicted octanol–water partition coefficient (Wildman–Crippen LogP) is 2.17. The summed E-state index contributed by atoms with van der Waals surface area (Å²) in [6.45, 7) is 2.34. The summed E-state index contributed by atoms with van der Waals surface area (Å²) in [4.78, 5) is 31.8. The van der Waals surface area contributed by atoms with E-state index in [9.17, 15) is 14.7 Å². The van der Waals surface area contributed by atoms with Crippen LogP contribution in [0.2, 0.25) is 0 Å². The number of aromatic nitrogens is 1. The number of ether oxygens (including phenoxy) is 1. The van der Waals surface area contributed by atoms with Crippen LogP contribution in [0.1, 0.15) is 5.76 Å².